The van der Waals surface area contributed by atoms with Crippen LogP contribution in [0.2, 0.25) is 0 Å². The highest BCUT2D eigenvalue weighted by Crippen LogP contribution is 2.46. The molecule has 0 fully saturated rings. The smallest absolute Gasteiger partial charge is 0.274 e. The first-order valence-corrected chi connectivity index (χ1v) is 7.33. The van der Waals surface area contributed by atoms with E-state index in [-0.39, 0.29) is 11.0 Å². The summed E-state index contributed by atoms with van der Waals surface area (Å²) in [4.78, 5) is 14.3. The van der Waals surface area contributed by atoms with Gasteiger partial charge >= 0.3 is 0 Å². The summed E-state index contributed by atoms with van der Waals surface area (Å²) in [7, 11) is 3.76. The minimum atomic E-state index is -0.0925. The van der Waals surface area contributed by atoms with Crippen LogP contribution in [-0.2, 0) is 12.5 Å². The Hall–Kier alpha value is -2.49. The topological polar surface area (TPSA) is 41.0 Å². The molecule has 1 aliphatic heterocycles. The lowest BCUT2D eigenvalue weighted by atomic mass is 9.84. The van der Waals surface area contributed by atoms with Crippen LogP contribution < -0.4 is 21.0 Å². The number of rotatable bonds is 1. The molecule has 22 heavy (non-hydrogen) atoms. The van der Waals surface area contributed by atoms with Crippen molar-refractivity contribution in [2.75, 3.05) is 11.9 Å². The number of H-pyrrole nitrogens is 1. The molecule has 0 atom stereocenters. The Balaban J connectivity index is 2.18. The number of fused-ring (bicyclic) bond motifs is 1. The molecule has 0 unspecified atom stereocenters. The van der Waals surface area contributed by atoms with Crippen LogP contribution in [0.5, 0.6) is 0 Å². The number of aromatic amines is 1. The van der Waals surface area contributed by atoms with E-state index < -0.39 is 0 Å². The lowest BCUT2D eigenvalue weighted by Gasteiger charge is -2.23. The molecule has 0 spiro atoms. The predicted molar refractivity (Wildman–Crippen MR) is 91.2 cm³/mol. The maximum atomic E-state index is 12.1. The van der Waals surface area contributed by atoms with Gasteiger partial charge in [0.2, 0.25) is 0 Å². The third-order valence-corrected chi connectivity index (χ3v) is 4.51. The zero-order valence-corrected chi connectivity index (χ0v) is 13.5. The van der Waals surface area contributed by atoms with Crippen LogP contribution >= 0.6 is 0 Å². The Bertz CT molecular complexity index is 928. The normalized spacial score (nSPS) is 19.0. The molecule has 0 aliphatic carbocycles. The van der Waals surface area contributed by atoms with Crippen LogP contribution in [0.25, 0.3) is 12.7 Å². The highest BCUT2D eigenvalue weighted by atomic mass is 16.1. The zero-order chi connectivity index (χ0) is 16.1. The van der Waals surface area contributed by atoms with Gasteiger partial charge in [-0.1, -0.05) is 38.6 Å². The number of nitrogens with one attached hydrogen (secondary N) is 1. The Morgan fingerprint density at radius 3 is 2.45 bits per heavy atom. The summed E-state index contributed by atoms with van der Waals surface area (Å²) >= 11 is 0. The van der Waals surface area contributed by atoms with Gasteiger partial charge < -0.3 is 4.90 Å². The van der Waals surface area contributed by atoms with Gasteiger partial charge in [0.15, 0.2) is 0 Å². The van der Waals surface area contributed by atoms with Gasteiger partial charge in [-0.25, -0.2) is 0 Å². The van der Waals surface area contributed by atoms with Crippen molar-refractivity contribution >= 4 is 18.3 Å². The fourth-order valence-corrected chi connectivity index (χ4v) is 3.26. The molecule has 0 amide bonds. The highest BCUT2D eigenvalue weighted by molar-refractivity contribution is 5.71. The van der Waals surface area contributed by atoms with Crippen LogP contribution in [0.1, 0.15) is 19.4 Å². The van der Waals surface area contributed by atoms with E-state index in [9.17, 15) is 4.79 Å². The second-order valence-electron chi connectivity index (χ2n) is 6.29. The summed E-state index contributed by atoms with van der Waals surface area (Å²) in [5, 5.41) is 4.17. The lowest BCUT2D eigenvalue weighted by Crippen LogP contribution is -2.33. The minimum Gasteiger partial charge on any atom is -0.347 e. The van der Waals surface area contributed by atoms with Crippen LogP contribution in [0.4, 0.5) is 5.69 Å². The molecule has 1 aromatic carbocycles. The summed E-state index contributed by atoms with van der Waals surface area (Å²) in [5.41, 5.74) is 3.53. The Morgan fingerprint density at radius 2 is 1.86 bits per heavy atom. The monoisotopic (exact) mass is 295 g/mol. The van der Waals surface area contributed by atoms with Gasteiger partial charge in [-0.3, -0.25) is 14.6 Å². The van der Waals surface area contributed by atoms with Crippen LogP contribution in [-0.4, -0.2) is 16.8 Å². The van der Waals surface area contributed by atoms with Crippen molar-refractivity contribution in [3.05, 3.63) is 62.5 Å². The SMILES string of the molecule is C=c1[nH]n(C)c(=O)/c1=C/C=C1\N(C)c2ccccc2C1(C)C. The van der Waals surface area contributed by atoms with Gasteiger partial charge in [-0.05, 0) is 23.8 Å². The largest absolute Gasteiger partial charge is 0.347 e. The number of aromatic nitrogens is 2. The Morgan fingerprint density at radius 1 is 1.18 bits per heavy atom. The van der Waals surface area contributed by atoms with E-state index in [0.717, 1.165) is 5.70 Å². The molecule has 3 rings (SSSR count). The minimum absolute atomic E-state index is 0.0576. The molecule has 0 saturated carbocycles. The van der Waals surface area contributed by atoms with Crippen LogP contribution in [0, 0.1) is 0 Å². The maximum absolute atomic E-state index is 12.1. The van der Waals surface area contributed by atoms with Gasteiger partial charge in [0.25, 0.3) is 5.56 Å². The zero-order valence-electron chi connectivity index (χ0n) is 13.5. The molecule has 4 nitrogen and oxygen atoms in total. The summed E-state index contributed by atoms with van der Waals surface area (Å²) in [5.74, 6) is 0. The van der Waals surface area contributed by atoms with Crippen molar-refractivity contribution in [2.24, 2.45) is 7.05 Å². The van der Waals surface area contributed by atoms with Crippen LogP contribution in [0.15, 0.2) is 40.8 Å². The standard InChI is InChI=1S/C18H21N3O/c1-12-13(17(22)21(5)19-12)10-11-16-18(2,3)14-8-6-7-9-15(14)20(16)4/h6-11,19H,1H2,2-5H3/b13-10+,16-11-. The van der Waals surface area contributed by atoms with Gasteiger partial charge in [0.05, 0.1) is 10.6 Å². The number of allylic oxidation sites excluding steroid dienone is 2. The highest BCUT2D eigenvalue weighted by Gasteiger charge is 2.37. The summed E-state index contributed by atoms with van der Waals surface area (Å²) in [6.45, 7) is 8.30. The molecule has 2 heterocycles. The number of hydrogen-bond acceptors (Lipinski definition) is 2. The van der Waals surface area contributed by atoms with Crippen molar-refractivity contribution < 1.29 is 0 Å². The van der Waals surface area contributed by atoms with Crippen molar-refractivity contribution in [2.45, 2.75) is 19.3 Å². The fourth-order valence-electron chi connectivity index (χ4n) is 3.26. The molecule has 114 valence electrons. The number of nitrogens with zero attached hydrogens (tertiary/aromatic N) is 2. The number of para-hydroxylation sites is 1. The first-order chi connectivity index (χ1) is 10.3. The fraction of sp³-hybridized carbons (Fsp3) is 0.278. The Labute approximate surface area is 129 Å². The van der Waals surface area contributed by atoms with E-state index in [2.05, 4.69) is 55.7 Å². The summed E-state index contributed by atoms with van der Waals surface area (Å²) in [6.07, 6.45) is 3.89. The van der Waals surface area contributed by atoms with E-state index in [1.807, 2.05) is 18.2 Å². The van der Waals surface area contributed by atoms with Gasteiger partial charge in [-0.15, -0.1) is 0 Å². The maximum Gasteiger partial charge on any atom is 0.274 e. The molecule has 1 aliphatic rings. The second kappa shape index (κ2) is 4.77. The van der Waals surface area contributed by atoms with Crippen molar-refractivity contribution in [1.29, 1.82) is 0 Å². The molecular weight excluding hydrogens is 274 g/mol. The summed E-state index contributed by atoms with van der Waals surface area (Å²) < 4.78 is 1.45. The average Bonchev–Trinajstić information content (AvgIpc) is 2.83. The van der Waals surface area contributed by atoms with Crippen molar-refractivity contribution in [1.82, 2.24) is 9.78 Å². The number of aryl methyl sites for hydroxylation is 1. The molecular formula is C18H21N3O. The third-order valence-electron chi connectivity index (χ3n) is 4.51. The third kappa shape index (κ3) is 1.95. The second-order valence-corrected chi connectivity index (χ2v) is 6.29. The number of hydrogen-bond donors (Lipinski definition) is 1. The molecule has 0 saturated heterocycles. The van der Waals surface area contributed by atoms with E-state index >= 15 is 0 Å². The molecule has 2 aromatic rings. The van der Waals surface area contributed by atoms with E-state index in [1.165, 1.54) is 15.9 Å². The first-order valence-electron chi connectivity index (χ1n) is 7.33. The predicted octanol–water partition coefficient (Wildman–Crippen LogP) is 1.22. The number of likely N-dealkylation sites (N-methyl/N-ethyl adjacent to an activating group) is 1. The summed E-state index contributed by atoms with van der Waals surface area (Å²) in [6, 6.07) is 8.40. The quantitative estimate of drug-likeness (QED) is 0.859. The first kappa shape index (κ1) is 14.4. The van der Waals surface area contributed by atoms with Gasteiger partial charge in [0.1, 0.15) is 0 Å². The van der Waals surface area contributed by atoms with Crippen molar-refractivity contribution in [3.8, 4) is 0 Å². The molecule has 4 heteroatoms. The van der Waals surface area contributed by atoms with E-state index in [4.69, 9.17) is 0 Å². The Kier molecular flexibility index (Phi) is 3.13. The molecule has 0 bridgehead atoms. The number of anilines is 1. The van der Waals surface area contributed by atoms with Gasteiger partial charge in [-0.2, -0.15) is 0 Å². The molecule has 1 aromatic heterocycles. The van der Waals surface area contributed by atoms with E-state index in [0.29, 0.717) is 10.6 Å². The van der Waals surface area contributed by atoms with Crippen molar-refractivity contribution in [3.63, 3.8) is 0 Å². The number of benzene rings is 1. The molecule has 1 N–H and O–H groups in total. The van der Waals surface area contributed by atoms with E-state index in [1.54, 1.807) is 7.05 Å². The molecule has 0 radical (unpaired) electrons. The van der Waals surface area contributed by atoms with Crippen LogP contribution in [0.3, 0.4) is 0 Å². The van der Waals surface area contributed by atoms with Gasteiger partial charge in [0, 0.05) is 30.9 Å². The lowest BCUT2D eigenvalue weighted by molar-refractivity contribution is 0.641. The average molecular weight is 295 g/mol.